The van der Waals surface area contributed by atoms with E-state index in [0.717, 1.165) is 41.5 Å². The van der Waals surface area contributed by atoms with E-state index in [0.29, 0.717) is 24.4 Å². The Hall–Kier alpha value is -1.27. The average Bonchev–Trinajstić information content (AvgIpc) is 2.78. The second-order valence-corrected chi connectivity index (χ2v) is 9.00. The van der Waals surface area contributed by atoms with E-state index in [1.54, 1.807) is 18.3 Å². The first-order chi connectivity index (χ1) is 11.3. The predicted octanol–water partition coefficient (Wildman–Crippen LogP) is 2.49. The predicted molar refractivity (Wildman–Crippen MR) is 95.1 cm³/mol. The zero-order valence-electron chi connectivity index (χ0n) is 15.0. The molecule has 1 amide bonds. The van der Waals surface area contributed by atoms with Crippen LogP contribution in [0.5, 0.6) is 0 Å². The van der Waals surface area contributed by atoms with Crippen molar-refractivity contribution in [2.24, 2.45) is 11.3 Å². The van der Waals surface area contributed by atoms with Gasteiger partial charge in [-0.05, 0) is 32.1 Å². The fourth-order valence-electron chi connectivity index (χ4n) is 3.93. The van der Waals surface area contributed by atoms with Gasteiger partial charge in [-0.2, -0.15) is 0 Å². The van der Waals surface area contributed by atoms with Gasteiger partial charge < -0.3 is 5.32 Å². The second kappa shape index (κ2) is 6.56. The van der Waals surface area contributed by atoms with Gasteiger partial charge in [0.05, 0.1) is 23.8 Å². The van der Waals surface area contributed by atoms with E-state index in [2.05, 4.69) is 29.0 Å². The minimum atomic E-state index is 0.141. The molecule has 6 heteroatoms. The summed E-state index contributed by atoms with van der Waals surface area (Å²) in [6.45, 7) is 11.0. The number of amides is 1. The molecule has 5 nitrogen and oxygen atoms in total. The Morgan fingerprint density at radius 1 is 1.38 bits per heavy atom. The molecule has 1 N–H and O–H groups in total. The number of nitrogens with one attached hydrogen (secondary N) is 1. The lowest BCUT2D eigenvalue weighted by molar-refractivity contribution is -0.147. The van der Waals surface area contributed by atoms with E-state index in [-0.39, 0.29) is 17.6 Å². The SMILES string of the molecule is CC(=O)CN1CC2(CC(C(=O)NCc3sc(C(C)C)nc3C)C2)C1. The number of hydrogen-bond donors (Lipinski definition) is 1. The smallest absolute Gasteiger partial charge is 0.223 e. The number of hydrogen-bond acceptors (Lipinski definition) is 5. The summed E-state index contributed by atoms with van der Waals surface area (Å²) < 4.78 is 0. The lowest BCUT2D eigenvalue weighted by Crippen LogP contribution is -2.64. The molecule has 0 atom stereocenters. The Morgan fingerprint density at radius 3 is 2.58 bits per heavy atom. The van der Waals surface area contributed by atoms with Crippen LogP contribution in [-0.2, 0) is 16.1 Å². The zero-order valence-corrected chi connectivity index (χ0v) is 15.8. The van der Waals surface area contributed by atoms with E-state index >= 15 is 0 Å². The van der Waals surface area contributed by atoms with Crippen LogP contribution in [0.4, 0.5) is 0 Å². The third kappa shape index (κ3) is 3.54. The molecule has 2 fully saturated rings. The number of likely N-dealkylation sites (tertiary alicyclic amines) is 1. The van der Waals surface area contributed by atoms with Crippen molar-refractivity contribution in [2.45, 2.75) is 53.0 Å². The van der Waals surface area contributed by atoms with Crippen LogP contribution >= 0.6 is 11.3 Å². The fraction of sp³-hybridized carbons (Fsp3) is 0.722. The van der Waals surface area contributed by atoms with Crippen molar-refractivity contribution in [3.8, 4) is 0 Å². The van der Waals surface area contributed by atoms with Crippen LogP contribution in [0, 0.1) is 18.3 Å². The van der Waals surface area contributed by atoms with Gasteiger partial charge in [-0.15, -0.1) is 11.3 Å². The number of carbonyl (C=O) groups excluding carboxylic acids is 2. The average molecular weight is 350 g/mol. The monoisotopic (exact) mass is 349 g/mol. The summed E-state index contributed by atoms with van der Waals surface area (Å²) in [6.07, 6.45) is 1.93. The third-order valence-electron chi connectivity index (χ3n) is 5.12. The minimum absolute atomic E-state index is 0.141. The summed E-state index contributed by atoms with van der Waals surface area (Å²) in [5, 5.41) is 4.23. The van der Waals surface area contributed by atoms with Gasteiger partial charge in [0, 0.05) is 29.8 Å². The molecule has 1 aliphatic heterocycles. The van der Waals surface area contributed by atoms with E-state index in [1.807, 2.05) is 6.92 Å². The molecule has 0 bridgehead atoms. The number of Topliss-reactive ketones (excluding diaryl/α,β-unsaturated/α-hetero) is 1. The molecule has 0 aromatic carbocycles. The Labute approximate surface area is 147 Å². The maximum atomic E-state index is 12.3. The van der Waals surface area contributed by atoms with Crippen molar-refractivity contribution < 1.29 is 9.59 Å². The number of nitrogens with zero attached hydrogens (tertiary/aromatic N) is 2. The van der Waals surface area contributed by atoms with Gasteiger partial charge in [-0.25, -0.2) is 4.98 Å². The molecule has 1 aliphatic carbocycles. The van der Waals surface area contributed by atoms with Gasteiger partial charge in [0.2, 0.25) is 5.91 Å². The van der Waals surface area contributed by atoms with Crippen molar-refractivity contribution in [1.82, 2.24) is 15.2 Å². The number of aromatic nitrogens is 1. The van der Waals surface area contributed by atoms with Crippen molar-refractivity contribution in [1.29, 1.82) is 0 Å². The Morgan fingerprint density at radius 2 is 2.04 bits per heavy atom. The first-order valence-electron chi connectivity index (χ1n) is 8.74. The second-order valence-electron chi connectivity index (χ2n) is 7.89. The topological polar surface area (TPSA) is 62.3 Å². The minimum Gasteiger partial charge on any atom is -0.351 e. The maximum Gasteiger partial charge on any atom is 0.223 e. The molecular weight excluding hydrogens is 322 g/mol. The van der Waals surface area contributed by atoms with E-state index < -0.39 is 0 Å². The summed E-state index contributed by atoms with van der Waals surface area (Å²) in [5.41, 5.74) is 1.34. The highest BCUT2D eigenvalue weighted by Crippen LogP contribution is 2.51. The van der Waals surface area contributed by atoms with Gasteiger partial charge >= 0.3 is 0 Å². The molecule has 0 unspecified atom stereocenters. The van der Waals surface area contributed by atoms with Crippen LogP contribution in [0.3, 0.4) is 0 Å². The highest BCUT2D eigenvalue weighted by Gasteiger charge is 2.54. The third-order valence-corrected chi connectivity index (χ3v) is 6.58. The van der Waals surface area contributed by atoms with Crippen LogP contribution in [0.2, 0.25) is 0 Å². The number of rotatable bonds is 6. The van der Waals surface area contributed by atoms with E-state index in [4.69, 9.17) is 0 Å². The molecule has 24 heavy (non-hydrogen) atoms. The first-order valence-corrected chi connectivity index (χ1v) is 9.55. The molecule has 1 saturated carbocycles. The quantitative estimate of drug-likeness (QED) is 0.857. The first kappa shape index (κ1) is 17.5. The molecular formula is C18H27N3O2S. The van der Waals surface area contributed by atoms with Crippen LogP contribution in [0.15, 0.2) is 0 Å². The normalized spacial score (nSPS) is 20.0. The number of thiazole rings is 1. The van der Waals surface area contributed by atoms with Crippen molar-refractivity contribution in [3.63, 3.8) is 0 Å². The summed E-state index contributed by atoms with van der Waals surface area (Å²) in [6, 6.07) is 0. The standard InChI is InChI=1S/C18H27N3O2S/c1-11(2)17-20-13(4)15(24-17)7-19-16(23)14-5-18(6-14)9-21(10-18)8-12(3)22/h11,14H,5-10H2,1-4H3,(H,19,23). The number of aryl methyl sites for hydroxylation is 1. The van der Waals surface area contributed by atoms with Gasteiger partial charge in [0.25, 0.3) is 0 Å². The lowest BCUT2D eigenvalue weighted by atomic mass is 9.57. The van der Waals surface area contributed by atoms with Crippen LogP contribution < -0.4 is 5.32 Å². The summed E-state index contributed by atoms with van der Waals surface area (Å²) in [4.78, 5) is 31.4. The zero-order chi connectivity index (χ0) is 17.5. The summed E-state index contributed by atoms with van der Waals surface area (Å²) >= 11 is 1.70. The van der Waals surface area contributed by atoms with Crippen molar-refractivity contribution in [3.05, 3.63) is 15.6 Å². The molecule has 1 spiro atoms. The molecule has 3 rings (SSSR count). The van der Waals surface area contributed by atoms with Crippen molar-refractivity contribution in [2.75, 3.05) is 19.6 Å². The molecule has 2 aliphatic rings. The maximum absolute atomic E-state index is 12.3. The summed E-state index contributed by atoms with van der Waals surface area (Å²) in [7, 11) is 0. The Balaban J connectivity index is 1.43. The lowest BCUT2D eigenvalue weighted by Gasteiger charge is -2.58. The molecule has 1 saturated heterocycles. The number of ketones is 1. The Bertz CT molecular complexity index is 639. The molecule has 1 aromatic rings. The Kier molecular flexibility index (Phi) is 4.80. The van der Waals surface area contributed by atoms with Crippen LogP contribution in [-0.4, -0.2) is 41.2 Å². The molecule has 132 valence electrons. The largest absolute Gasteiger partial charge is 0.351 e. The van der Waals surface area contributed by atoms with Gasteiger partial charge in [-0.1, -0.05) is 13.8 Å². The van der Waals surface area contributed by atoms with Crippen LogP contribution in [0.25, 0.3) is 0 Å². The van der Waals surface area contributed by atoms with Gasteiger partial charge in [0.1, 0.15) is 5.78 Å². The highest BCUT2D eigenvalue weighted by atomic mass is 32.1. The van der Waals surface area contributed by atoms with Crippen LogP contribution in [0.1, 0.15) is 55.1 Å². The van der Waals surface area contributed by atoms with E-state index in [1.165, 1.54) is 0 Å². The molecule has 0 radical (unpaired) electrons. The van der Waals surface area contributed by atoms with E-state index in [9.17, 15) is 9.59 Å². The summed E-state index contributed by atoms with van der Waals surface area (Å²) in [5.74, 6) is 0.965. The van der Waals surface area contributed by atoms with Crippen molar-refractivity contribution >= 4 is 23.0 Å². The molecule has 2 heterocycles. The van der Waals surface area contributed by atoms with Gasteiger partial charge in [-0.3, -0.25) is 14.5 Å². The van der Waals surface area contributed by atoms with Gasteiger partial charge in [0.15, 0.2) is 0 Å². The number of carbonyl (C=O) groups is 2. The fourth-order valence-corrected chi connectivity index (χ4v) is 4.94. The highest BCUT2D eigenvalue weighted by molar-refractivity contribution is 7.11. The molecule has 1 aromatic heterocycles.